The molecule has 1 amide bonds. The molecule has 1 unspecified atom stereocenters. The number of nitrogens with zero attached hydrogens (tertiary/aromatic N) is 4. The molecule has 0 saturated carbocycles. The molecular formula is C21H21F3N4O3. The van der Waals surface area contributed by atoms with Gasteiger partial charge in [-0.15, -0.1) is 0 Å². The maximum atomic E-state index is 13.3. The number of ether oxygens (including phenoxy) is 1. The summed E-state index contributed by atoms with van der Waals surface area (Å²) in [4.78, 5) is 14.4. The van der Waals surface area contributed by atoms with Crippen LogP contribution in [0.1, 0.15) is 45.4 Å². The van der Waals surface area contributed by atoms with Crippen molar-refractivity contribution in [3.8, 4) is 5.75 Å². The fourth-order valence-corrected chi connectivity index (χ4v) is 3.79. The average molecular weight is 434 g/mol. The van der Waals surface area contributed by atoms with Crippen molar-refractivity contribution < 1.29 is 27.2 Å². The zero-order chi connectivity index (χ0) is 22.3. The molecule has 0 aliphatic carbocycles. The molecular weight excluding hydrogens is 413 g/mol. The largest absolute Gasteiger partial charge is 0.489 e. The second-order valence-electron chi connectivity index (χ2n) is 7.61. The number of carbonyl (C=O) groups is 1. The molecule has 164 valence electrons. The number of benzene rings is 1. The highest BCUT2D eigenvalue weighted by Gasteiger charge is 2.46. The number of fused-ring (bicyclic) bond motifs is 1. The van der Waals surface area contributed by atoms with Crippen LogP contribution in [0.5, 0.6) is 5.75 Å². The molecule has 3 heterocycles. The second-order valence-corrected chi connectivity index (χ2v) is 7.61. The molecule has 7 nitrogen and oxygen atoms in total. The van der Waals surface area contributed by atoms with E-state index in [-0.39, 0.29) is 31.1 Å². The third-order valence-electron chi connectivity index (χ3n) is 5.24. The van der Waals surface area contributed by atoms with Gasteiger partial charge in [0.15, 0.2) is 11.7 Å². The quantitative estimate of drug-likeness (QED) is 0.603. The van der Waals surface area contributed by atoms with Gasteiger partial charge in [-0.25, -0.2) is 4.68 Å². The Morgan fingerprint density at radius 1 is 1.23 bits per heavy atom. The summed E-state index contributed by atoms with van der Waals surface area (Å²) < 4.78 is 51.9. The summed E-state index contributed by atoms with van der Waals surface area (Å²) in [5.74, 6) is 0.561. The Morgan fingerprint density at radius 3 is 2.61 bits per heavy atom. The highest BCUT2D eigenvalue weighted by Crippen LogP contribution is 2.39. The third kappa shape index (κ3) is 4.01. The normalized spacial score (nSPS) is 16.3. The summed E-state index contributed by atoms with van der Waals surface area (Å²) in [5.41, 5.74) is 2.54. The van der Waals surface area contributed by atoms with E-state index in [0.29, 0.717) is 17.1 Å². The number of aryl methyl sites for hydroxylation is 3. The first kappa shape index (κ1) is 21.0. The summed E-state index contributed by atoms with van der Waals surface area (Å²) in [6, 6.07) is 5.37. The number of rotatable bonds is 4. The first-order valence-electron chi connectivity index (χ1n) is 9.73. The van der Waals surface area contributed by atoms with Crippen LogP contribution in [0.2, 0.25) is 0 Å². The smallest absolute Gasteiger partial charge is 0.410 e. The van der Waals surface area contributed by atoms with E-state index >= 15 is 0 Å². The van der Waals surface area contributed by atoms with Crippen LogP contribution >= 0.6 is 0 Å². The van der Waals surface area contributed by atoms with E-state index in [1.165, 1.54) is 17.2 Å². The van der Waals surface area contributed by atoms with Gasteiger partial charge in [0.2, 0.25) is 0 Å². The number of hydrogen-bond donors (Lipinski definition) is 0. The van der Waals surface area contributed by atoms with Gasteiger partial charge in [-0.3, -0.25) is 9.69 Å². The van der Waals surface area contributed by atoms with Crippen LogP contribution in [0.15, 0.2) is 35.0 Å². The molecule has 4 rings (SSSR count). The fourth-order valence-electron chi connectivity index (χ4n) is 3.79. The lowest BCUT2D eigenvalue weighted by atomic mass is 10.1. The molecule has 1 aliphatic rings. The summed E-state index contributed by atoms with van der Waals surface area (Å²) in [6.07, 6.45) is -3.50. The average Bonchev–Trinajstić information content (AvgIpc) is 3.30. The molecule has 0 spiro atoms. The van der Waals surface area contributed by atoms with Crippen LogP contribution < -0.4 is 9.64 Å². The van der Waals surface area contributed by atoms with Crippen LogP contribution in [-0.4, -0.2) is 33.6 Å². The number of hydrogen-bond acceptors (Lipinski definition) is 5. The van der Waals surface area contributed by atoms with Crippen molar-refractivity contribution in [2.75, 3.05) is 11.4 Å². The van der Waals surface area contributed by atoms with Crippen LogP contribution in [-0.2, 0) is 6.61 Å². The van der Waals surface area contributed by atoms with Crippen LogP contribution in [0.3, 0.4) is 0 Å². The molecule has 31 heavy (non-hydrogen) atoms. The lowest BCUT2D eigenvalue weighted by Crippen LogP contribution is -2.43. The molecule has 0 fully saturated rings. The second kappa shape index (κ2) is 7.75. The number of aromatic nitrogens is 3. The van der Waals surface area contributed by atoms with Crippen molar-refractivity contribution in [2.24, 2.45) is 0 Å². The van der Waals surface area contributed by atoms with Crippen LogP contribution in [0.4, 0.5) is 19.0 Å². The Labute approximate surface area is 176 Å². The molecule has 2 aromatic heterocycles. The third-order valence-corrected chi connectivity index (χ3v) is 5.24. The van der Waals surface area contributed by atoms with E-state index < -0.39 is 18.1 Å². The molecule has 1 atom stereocenters. The van der Waals surface area contributed by atoms with Gasteiger partial charge in [-0.2, -0.15) is 18.3 Å². The monoisotopic (exact) mass is 434 g/mol. The predicted octanol–water partition coefficient (Wildman–Crippen LogP) is 4.53. The topological polar surface area (TPSA) is 73.4 Å². The first-order valence-corrected chi connectivity index (χ1v) is 9.73. The van der Waals surface area contributed by atoms with E-state index in [1.807, 2.05) is 32.0 Å². The van der Waals surface area contributed by atoms with E-state index in [1.54, 1.807) is 6.92 Å². The van der Waals surface area contributed by atoms with Crippen molar-refractivity contribution in [1.82, 2.24) is 14.9 Å². The predicted molar refractivity (Wildman–Crippen MR) is 105 cm³/mol. The highest BCUT2D eigenvalue weighted by molar-refractivity contribution is 6.05. The van der Waals surface area contributed by atoms with Crippen molar-refractivity contribution in [3.63, 3.8) is 0 Å². The number of alkyl halides is 3. The molecule has 0 saturated heterocycles. The minimum absolute atomic E-state index is 0.0140. The minimum Gasteiger partial charge on any atom is -0.489 e. The maximum absolute atomic E-state index is 13.3. The molecule has 0 N–H and O–H groups in total. The number of halogens is 3. The zero-order valence-corrected chi connectivity index (χ0v) is 17.2. The van der Waals surface area contributed by atoms with E-state index in [4.69, 9.17) is 9.26 Å². The minimum atomic E-state index is -4.45. The maximum Gasteiger partial charge on any atom is 0.410 e. The van der Waals surface area contributed by atoms with Gasteiger partial charge in [0.1, 0.15) is 23.9 Å². The lowest BCUT2D eigenvalue weighted by molar-refractivity contribution is -0.172. The Hall–Kier alpha value is -3.30. The van der Waals surface area contributed by atoms with Gasteiger partial charge >= 0.3 is 6.18 Å². The van der Waals surface area contributed by atoms with Gasteiger partial charge in [0.25, 0.3) is 5.91 Å². The Balaban J connectivity index is 1.59. The number of anilines is 1. The molecule has 1 aromatic carbocycles. The molecule has 0 radical (unpaired) electrons. The van der Waals surface area contributed by atoms with Gasteiger partial charge in [0.05, 0.1) is 11.8 Å². The van der Waals surface area contributed by atoms with Gasteiger partial charge < -0.3 is 9.26 Å². The van der Waals surface area contributed by atoms with Crippen LogP contribution in [0.25, 0.3) is 0 Å². The van der Waals surface area contributed by atoms with Crippen molar-refractivity contribution in [2.45, 2.75) is 46.0 Å². The Kier molecular flexibility index (Phi) is 5.24. The first-order chi connectivity index (χ1) is 14.6. The number of carbonyl (C=O) groups excluding carboxylic acids is 1. The zero-order valence-electron chi connectivity index (χ0n) is 17.2. The van der Waals surface area contributed by atoms with E-state index in [0.717, 1.165) is 15.8 Å². The summed E-state index contributed by atoms with van der Waals surface area (Å²) >= 11 is 0. The lowest BCUT2D eigenvalue weighted by Gasteiger charge is -2.33. The number of amides is 1. The van der Waals surface area contributed by atoms with E-state index in [9.17, 15) is 18.0 Å². The fraction of sp³-hybridized carbons (Fsp3) is 0.381. The summed E-state index contributed by atoms with van der Waals surface area (Å²) in [5, 5.41) is 7.65. The molecule has 0 bridgehead atoms. The summed E-state index contributed by atoms with van der Waals surface area (Å²) in [6.45, 7) is 5.49. The van der Waals surface area contributed by atoms with Crippen LogP contribution in [0, 0.1) is 20.8 Å². The molecule has 10 heteroatoms. The molecule has 1 aliphatic heterocycles. The van der Waals surface area contributed by atoms with Gasteiger partial charge in [-0.05, 0) is 50.5 Å². The molecule has 3 aromatic rings. The van der Waals surface area contributed by atoms with Gasteiger partial charge in [-0.1, -0.05) is 11.2 Å². The Morgan fingerprint density at radius 2 is 1.94 bits per heavy atom. The summed E-state index contributed by atoms with van der Waals surface area (Å²) in [7, 11) is 0. The highest BCUT2D eigenvalue weighted by atomic mass is 19.4. The van der Waals surface area contributed by atoms with Gasteiger partial charge in [0, 0.05) is 12.6 Å². The van der Waals surface area contributed by atoms with Crippen molar-refractivity contribution >= 4 is 11.7 Å². The SMILES string of the molecule is Cc1cc(C)cc(OCc2c(C(=O)N3CCC(C(F)(F)F)n4nccc43)noc2C)c1. The van der Waals surface area contributed by atoms with Crippen molar-refractivity contribution in [3.05, 3.63) is 58.6 Å². The Bertz CT molecular complexity index is 1100. The standard InChI is InChI=1S/C21H21F3N4O3/c1-12-8-13(2)10-15(9-12)30-11-16-14(3)31-26-19(16)20(29)27-7-5-17(21(22,23)24)28-18(27)4-6-25-28/h4,6,8-10,17H,5,7,11H2,1-3H3. The van der Waals surface area contributed by atoms with E-state index in [2.05, 4.69) is 10.3 Å². The van der Waals surface area contributed by atoms with Crippen molar-refractivity contribution in [1.29, 1.82) is 0 Å².